The van der Waals surface area contributed by atoms with Gasteiger partial charge in [0.05, 0.1) is 5.69 Å². The number of aromatic nitrogens is 1. The summed E-state index contributed by atoms with van der Waals surface area (Å²) in [5, 5.41) is 0. The molecular formula is C17H21N. The van der Waals surface area contributed by atoms with Crippen LogP contribution in [-0.4, -0.2) is 4.98 Å². The predicted octanol–water partition coefficient (Wildman–Crippen LogP) is 4.56. The SMILES string of the molecule is [2H]C([2H])([2H])c1ccc(-c2cc(C([2H])([2H])C(C)C)c(C([2H])([2H])[2H])cn2)cc1. The molecule has 0 fully saturated rings. The third-order valence-corrected chi connectivity index (χ3v) is 2.53. The Bertz CT molecular complexity index is 773. The van der Waals surface area contributed by atoms with Gasteiger partial charge in [0.15, 0.2) is 0 Å². The standard InChI is InChI=1S/C17H21N/c1-12(2)9-16-10-17(18-11-14(16)4)15-7-5-13(3)6-8-15/h5-8,10-12H,9H2,1-4H3/i3D3,4D3,9D2. The Labute approximate surface area is 121 Å². The van der Waals surface area contributed by atoms with Crippen molar-refractivity contribution in [2.45, 2.75) is 33.9 Å². The van der Waals surface area contributed by atoms with Crippen LogP contribution in [0.15, 0.2) is 36.5 Å². The van der Waals surface area contributed by atoms with Crippen LogP contribution in [0.4, 0.5) is 0 Å². The second kappa shape index (κ2) is 5.34. The normalized spacial score (nSPS) is 19.7. The van der Waals surface area contributed by atoms with E-state index in [4.69, 9.17) is 11.0 Å². The van der Waals surface area contributed by atoms with Crippen LogP contribution in [0.25, 0.3) is 11.3 Å². The van der Waals surface area contributed by atoms with E-state index in [2.05, 4.69) is 4.98 Å². The van der Waals surface area contributed by atoms with Gasteiger partial charge in [0.25, 0.3) is 0 Å². The van der Waals surface area contributed by atoms with E-state index in [1.165, 1.54) is 24.4 Å². The minimum absolute atomic E-state index is 0.0809. The smallest absolute Gasteiger partial charge is 0.0704 e. The van der Waals surface area contributed by atoms with Crippen molar-refractivity contribution in [3.8, 4) is 11.3 Å². The van der Waals surface area contributed by atoms with Crippen molar-refractivity contribution in [1.29, 1.82) is 0 Å². The van der Waals surface area contributed by atoms with E-state index < -0.39 is 26.0 Å². The number of aryl methyl sites for hydroxylation is 2. The first-order valence-corrected chi connectivity index (χ1v) is 5.86. The Morgan fingerprint density at radius 1 is 1.22 bits per heavy atom. The van der Waals surface area contributed by atoms with Crippen LogP contribution in [0.3, 0.4) is 0 Å². The van der Waals surface area contributed by atoms with Crippen LogP contribution in [0, 0.1) is 19.6 Å². The molecule has 1 heteroatoms. The van der Waals surface area contributed by atoms with E-state index in [0.29, 0.717) is 11.3 Å². The van der Waals surface area contributed by atoms with Crippen molar-refractivity contribution in [1.82, 2.24) is 4.98 Å². The first-order chi connectivity index (χ1) is 11.7. The van der Waals surface area contributed by atoms with Gasteiger partial charge in [-0.05, 0) is 43.2 Å². The van der Waals surface area contributed by atoms with Gasteiger partial charge in [-0.15, -0.1) is 0 Å². The van der Waals surface area contributed by atoms with Crippen LogP contribution >= 0.6 is 0 Å². The molecular weight excluding hydrogens is 218 g/mol. The van der Waals surface area contributed by atoms with Gasteiger partial charge in [0.1, 0.15) is 0 Å². The van der Waals surface area contributed by atoms with Gasteiger partial charge in [0.2, 0.25) is 0 Å². The number of rotatable bonds is 3. The topological polar surface area (TPSA) is 12.9 Å². The molecule has 94 valence electrons. The lowest BCUT2D eigenvalue weighted by molar-refractivity contribution is 0.644. The molecule has 0 bridgehead atoms. The molecule has 0 N–H and O–H groups in total. The quantitative estimate of drug-likeness (QED) is 0.774. The Morgan fingerprint density at radius 2 is 2.00 bits per heavy atom. The summed E-state index contributed by atoms with van der Waals surface area (Å²) in [6.07, 6.45) is -0.657. The summed E-state index contributed by atoms with van der Waals surface area (Å²) in [6, 6.07) is 7.57. The molecule has 0 amide bonds. The van der Waals surface area contributed by atoms with Crippen molar-refractivity contribution in [3.63, 3.8) is 0 Å². The van der Waals surface area contributed by atoms with Crippen LogP contribution in [0.5, 0.6) is 0 Å². The van der Waals surface area contributed by atoms with Crippen molar-refractivity contribution in [3.05, 3.63) is 53.2 Å². The molecule has 0 aliphatic carbocycles. The summed E-state index contributed by atoms with van der Waals surface area (Å²) in [6.45, 7) is -1.31. The monoisotopic (exact) mass is 247 g/mol. The van der Waals surface area contributed by atoms with E-state index in [-0.39, 0.29) is 16.7 Å². The molecule has 18 heavy (non-hydrogen) atoms. The maximum absolute atomic E-state index is 8.33. The lowest BCUT2D eigenvalue weighted by Gasteiger charge is -2.10. The average molecular weight is 247 g/mol. The van der Waals surface area contributed by atoms with Crippen LogP contribution in [-0.2, 0) is 6.37 Å². The lowest BCUT2D eigenvalue weighted by atomic mass is 9.98. The highest BCUT2D eigenvalue weighted by Crippen LogP contribution is 2.21. The van der Waals surface area contributed by atoms with Gasteiger partial charge < -0.3 is 0 Å². The maximum Gasteiger partial charge on any atom is 0.0704 e. The lowest BCUT2D eigenvalue weighted by Crippen LogP contribution is -1.98. The molecule has 1 aromatic carbocycles. The molecule has 0 atom stereocenters. The summed E-state index contributed by atoms with van der Waals surface area (Å²) >= 11 is 0. The summed E-state index contributed by atoms with van der Waals surface area (Å²) < 4.78 is 61.9. The molecule has 0 saturated carbocycles. The molecule has 0 unspecified atom stereocenters. The fraction of sp³-hybridized carbons (Fsp3) is 0.353. The summed E-state index contributed by atoms with van der Waals surface area (Å²) in [4.78, 5) is 4.17. The number of hydrogen-bond donors (Lipinski definition) is 0. The summed E-state index contributed by atoms with van der Waals surface area (Å²) in [5.74, 6) is -0.434. The molecule has 0 spiro atoms. The maximum atomic E-state index is 8.33. The van der Waals surface area contributed by atoms with Gasteiger partial charge in [-0.2, -0.15) is 0 Å². The fourth-order valence-corrected chi connectivity index (χ4v) is 1.68. The number of benzene rings is 1. The van der Waals surface area contributed by atoms with Gasteiger partial charge in [-0.3, -0.25) is 4.98 Å². The zero-order chi connectivity index (χ0) is 19.9. The van der Waals surface area contributed by atoms with E-state index in [9.17, 15) is 0 Å². The van der Waals surface area contributed by atoms with E-state index >= 15 is 0 Å². The zero-order valence-electron chi connectivity index (χ0n) is 18.5. The molecule has 1 aromatic heterocycles. The van der Waals surface area contributed by atoms with Crippen molar-refractivity contribution >= 4 is 0 Å². The summed E-state index contributed by atoms with van der Waals surface area (Å²) in [5.41, 5.74) is 1.15. The van der Waals surface area contributed by atoms with E-state index in [0.717, 1.165) is 0 Å². The zero-order valence-corrected chi connectivity index (χ0v) is 10.5. The van der Waals surface area contributed by atoms with Gasteiger partial charge in [-0.1, -0.05) is 43.7 Å². The Morgan fingerprint density at radius 3 is 2.61 bits per heavy atom. The van der Waals surface area contributed by atoms with Crippen LogP contribution < -0.4 is 0 Å². The van der Waals surface area contributed by atoms with Crippen LogP contribution in [0.2, 0.25) is 0 Å². The fourth-order valence-electron chi connectivity index (χ4n) is 1.68. The van der Waals surface area contributed by atoms with E-state index in [1.54, 1.807) is 26.0 Å². The number of hydrogen-bond acceptors (Lipinski definition) is 1. The van der Waals surface area contributed by atoms with Crippen molar-refractivity contribution < 1.29 is 11.0 Å². The van der Waals surface area contributed by atoms with Gasteiger partial charge >= 0.3 is 0 Å². The number of pyridine rings is 1. The first-order valence-electron chi connectivity index (χ1n) is 9.86. The predicted molar refractivity (Wildman–Crippen MR) is 77.7 cm³/mol. The average Bonchev–Trinajstić information content (AvgIpc) is 2.52. The van der Waals surface area contributed by atoms with Crippen LogP contribution in [0.1, 0.15) is 41.5 Å². The second-order valence-corrected chi connectivity index (χ2v) is 4.49. The Hall–Kier alpha value is -1.63. The van der Waals surface area contributed by atoms with E-state index in [1.807, 2.05) is 0 Å². The van der Waals surface area contributed by atoms with Gasteiger partial charge in [-0.25, -0.2) is 0 Å². The van der Waals surface area contributed by atoms with Crippen molar-refractivity contribution in [2.24, 2.45) is 5.92 Å². The Balaban J connectivity index is 2.59. The molecule has 2 aromatic rings. The summed E-state index contributed by atoms with van der Waals surface area (Å²) in [7, 11) is 0. The second-order valence-electron chi connectivity index (χ2n) is 4.49. The minimum atomic E-state index is -2.48. The third-order valence-electron chi connectivity index (χ3n) is 2.53. The highest BCUT2D eigenvalue weighted by molar-refractivity contribution is 5.60. The Kier molecular flexibility index (Phi) is 1.78. The number of nitrogens with zero attached hydrogens (tertiary/aromatic N) is 1. The minimum Gasteiger partial charge on any atom is -0.256 e. The molecule has 0 radical (unpaired) electrons. The molecule has 2 rings (SSSR count). The van der Waals surface area contributed by atoms with Gasteiger partial charge in [0, 0.05) is 22.7 Å². The van der Waals surface area contributed by atoms with Crippen molar-refractivity contribution in [2.75, 3.05) is 0 Å². The third kappa shape index (κ3) is 2.98. The highest BCUT2D eigenvalue weighted by Gasteiger charge is 2.06. The molecule has 0 saturated heterocycles. The molecule has 0 aliphatic heterocycles. The first kappa shape index (κ1) is 6.01. The molecule has 0 aliphatic rings. The largest absolute Gasteiger partial charge is 0.256 e. The molecule has 1 heterocycles. The molecule has 1 nitrogen and oxygen atoms in total. The highest BCUT2D eigenvalue weighted by atomic mass is 14.7.